The zero-order chi connectivity index (χ0) is 9.10. The van der Waals surface area contributed by atoms with Crippen LogP contribution in [0.15, 0.2) is 18.3 Å². The molecular formula is C9H11N3O. The van der Waals surface area contributed by atoms with Crippen molar-refractivity contribution in [3.8, 4) is 0 Å². The summed E-state index contributed by atoms with van der Waals surface area (Å²) in [5.74, 6) is 0.570. The molecule has 2 rings (SSSR count). The molecule has 1 aromatic rings. The highest BCUT2D eigenvalue weighted by Crippen LogP contribution is 2.27. The average Bonchev–Trinajstić information content (AvgIpc) is 2.99. The van der Waals surface area contributed by atoms with Crippen LogP contribution < -0.4 is 5.32 Å². The van der Waals surface area contributed by atoms with Crippen LogP contribution in [0.1, 0.15) is 23.3 Å². The first-order valence-corrected chi connectivity index (χ1v) is 4.42. The minimum Gasteiger partial charge on any atom is -0.350 e. The van der Waals surface area contributed by atoms with E-state index >= 15 is 0 Å². The number of carbonyl (C=O) groups is 1. The van der Waals surface area contributed by atoms with Crippen LogP contribution in [0.5, 0.6) is 0 Å². The molecule has 0 aromatic carbocycles. The quantitative estimate of drug-likeness (QED) is 0.736. The fraction of sp³-hybridized carbons (Fsp3) is 0.444. The highest BCUT2D eigenvalue weighted by molar-refractivity contribution is 5.91. The van der Waals surface area contributed by atoms with Crippen LogP contribution in [-0.2, 0) is 0 Å². The Labute approximate surface area is 76.4 Å². The third-order valence-corrected chi connectivity index (χ3v) is 2.05. The summed E-state index contributed by atoms with van der Waals surface area (Å²) >= 11 is 0. The van der Waals surface area contributed by atoms with E-state index in [4.69, 9.17) is 0 Å². The lowest BCUT2D eigenvalue weighted by Crippen LogP contribution is -2.26. The van der Waals surface area contributed by atoms with Gasteiger partial charge in [-0.2, -0.15) is 5.10 Å². The minimum absolute atomic E-state index is 0.125. The van der Waals surface area contributed by atoms with Crippen LogP contribution in [0.4, 0.5) is 0 Å². The molecule has 1 N–H and O–H groups in total. The Bertz CT molecular complexity index is 295. The number of hydrogen-bond donors (Lipinski definition) is 1. The Morgan fingerprint density at radius 1 is 1.62 bits per heavy atom. The number of nitrogens with one attached hydrogen (secondary N) is 1. The van der Waals surface area contributed by atoms with Crippen molar-refractivity contribution in [3.63, 3.8) is 0 Å². The van der Waals surface area contributed by atoms with Crippen LogP contribution in [0, 0.1) is 5.92 Å². The van der Waals surface area contributed by atoms with E-state index < -0.39 is 0 Å². The number of amides is 1. The first kappa shape index (κ1) is 8.16. The van der Waals surface area contributed by atoms with Crippen LogP contribution in [-0.4, -0.2) is 22.6 Å². The van der Waals surface area contributed by atoms with Gasteiger partial charge in [0.25, 0.3) is 5.91 Å². The molecule has 0 radical (unpaired) electrons. The lowest BCUT2D eigenvalue weighted by Gasteiger charge is -2.01. The van der Waals surface area contributed by atoms with Crippen molar-refractivity contribution in [2.45, 2.75) is 12.8 Å². The van der Waals surface area contributed by atoms with E-state index in [1.54, 1.807) is 18.3 Å². The molecule has 0 atom stereocenters. The third kappa shape index (κ3) is 2.24. The molecule has 1 aromatic heterocycles. The largest absolute Gasteiger partial charge is 0.350 e. The summed E-state index contributed by atoms with van der Waals surface area (Å²) < 4.78 is 0. The lowest BCUT2D eigenvalue weighted by atomic mass is 10.3. The Hall–Kier alpha value is -1.45. The monoisotopic (exact) mass is 177 g/mol. The van der Waals surface area contributed by atoms with E-state index in [0.29, 0.717) is 11.6 Å². The molecule has 1 saturated carbocycles. The van der Waals surface area contributed by atoms with Crippen molar-refractivity contribution in [3.05, 3.63) is 24.0 Å². The summed E-state index contributed by atoms with van der Waals surface area (Å²) in [6.07, 6.45) is 4.03. The molecular weight excluding hydrogens is 166 g/mol. The van der Waals surface area contributed by atoms with Gasteiger partial charge in [-0.1, -0.05) is 0 Å². The normalized spacial score (nSPS) is 15.4. The van der Waals surface area contributed by atoms with Crippen molar-refractivity contribution in [2.24, 2.45) is 5.92 Å². The Kier molecular flexibility index (Phi) is 2.21. The predicted octanol–water partition coefficient (Wildman–Crippen LogP) is 0.616. The Morgan fingerprint density at radius 2 is 2.46 bits per heavy atom. The maximum atomic E-state index is 11.4. The van der Waals surface area contributed by atoms with Gasteiger partial charge in [-0.25, -0.2) is 0 Å². The number of nitrogens with zero attached hydrogens (tertiary/aromatic N) is 2. The first-order valence-electron chi connectivity index (χ1n) is 4.42. The molecule has 1 fully saturated rings. The van der Waals surface area contributed by atoms with Gasteiger partial charge >= 0.3 is 0 Å². The molecule has 0 bridgehead atoms. The fourth-order valence-electron chi connectivity index (χ4n) is 1.07. The van der Waals surface area contributed by atoms with E-state index in [1.807, 2.05) is 0 Å². The average molecular weight is 177 g/mol. The summed E-state index contributed by atoms with van der Waals surface area (Å²) in [6, 6.07) is 3.37. The zero-order valence-electron chi connectivity index (χ0n) is 7.23. The topological polar surface area (TPSA) is 54.9 Å². The van der Waals surface area contributed by atoms with Crippen LogP contribution in [0.3, 0.4) is 0 Å². The zero-order valence-corrected chi connectivity index (χ0v) is 7.23. The van der Waals surface area contributed by atoms with E-state index in [0.717, 1.165) is 6.54 Å². The molecule has 1 heterocycles. The molecule has 0 spiro atoms. The van der Waals surface area contributed by atoms with Gasteiger partial charge in [0.15, 0.2) is 5.69 Å². The number of hydrogen-bond acceptors (Lipinski definition) is 3. The molecule has 0 aliphatic heterocycles. The molecule has 4 nitrogen and oxygen atoms in total. The molecule has 13 heavy (non-hydrogen) atoms. The SMILES string of the molecule is O=C(NCC1CC1)c1cccnn1. The molecule has 1 amide bonds. The van der Waals surface area contributed by atoms with Gasteiger partial charge in [-0.3, -0.25) is 4.79 Å². The number of rotatable bonds is 3. The highest BCUT2D eigenvalue weighted by Gasteiger charge is 2.21. The van der Waals surface area contributed by atoms with Gasteiger partial charge in [-0.15, -0.1) is 5.10 Å². The van der Waals surface area contributed by atoms with Gasteiger partial charge < -0.3 is 5.32 Å². The standard InChI is InChI=1S/C9H11N3O/c13-9(10-6-7-3-4-7)8-2-1-5-11-12-8/h1-2,5,7H,3-4,6H2,(H,10,13). The van der Waals surface area contributed by atoms with Gasteiger partial charge in [-0.05, 0) is 30.9 Å². The maximum absolute atomic E-state index is 11.4. The smallest absolute Gasteiger partial charge is 0.271 e. The second kappa shape index (κ2) is 3.51. The molecule has 1 aliphatic rings. The maximum Gasteiger partial charge on any atom is 0.271 e. The number of aromatic nitrogens is 2. The van der Waals surface area contributed by atoms with Crippen LogP contribution in [0.25, 0.3) is 0 Å². The molecule has 0 unspecified atom stereocenters. The van der Waals surface area contributed by atoms with Crippen molar-refractivity contribution < 1.29 is 4.79 Å². The Balaban J connectivity index is 1.89. The third-order valence-electron chi connectivity index (χ3n) is 2.05. The van der Waals surface area contributed by atoms with E-state index in [2.05, 4.69) is 15.5 Å². The van der Waals surface area contributed by atoms with Crippen LogP contribution in [0.2, 0.25) is 0 Å². The van der Waals surface area contributed by atoms with Gasteiger partial charge in [0, 0.05) is 12.7 Å². The lowest BCUT2D eigenvalue weighted by molar-refractivity contribution is 0.0946. The van der Waals surface area contributed by atoms with Crippen molar-refractivity contribution in [2.75, 3.05) is 6.54 Å². The van der Waals surface area contributed by atoms with Crippen molar-refractivity contribution in [1.82, 2.24) is 15.5 Å². The first-order chi connectivity index (χ1) is 6.36. The predicted molar refractivity (Wildman–Crippen MR) is 47.1 cm³/mol. The molecule has 1 aliphatic carbocycles. The molecule has 0 saturated heterocycles. The van der Waals surface area contributed by atoms with Gasteiger partial charge in [0.2, 0.25) is 0 Å². The molecule has 4 heteroatoms. The second-order valence-electron chi connectivity index (χ2n) is 3.26. The van der Waals surface area contributed by atoms with Crippen LogP contribution >= 0.6 is 0 Å². The minimum atomic E-state index is -0.125. The summed E-state index contributed by atoms with van der Waals surface area (Å²) in [5.41, 5.74) is 0.392. The fourth-order valence-corrected chi connectivity index (χ4v) is 1.07. The second-order valence-corrected chi connectivity index (χ2v) is 3.26. The summed E-state index contributed by atoms with van der Waals surface area (Å²) in [5, 5.41) is 10.2. The van der Waals surface area contributed by atoms with E-state index in [9.17, 15) is 4.79 Å². The summed E-state index contributed by atoms with van der Waals surface area (Å²) in [7, 11) is 0. The van der Waals surface area contributed by atoms with Crippen molar-refractivity contribution in [1.29, 1.82) is 0 Å². The van der Waals surface area contributed by atoms with E-state index in [1.165, 1.54) is 12.8 Å². The summed E-state index contributed by atoms with van der Waals surface area (Å²) in [6.45, 7) is 0.773. The van der Waals surface area contributed by atoms with E-state index in [-0.39, 0.29) is 5.91 Å². The van der Waals surface area contributed by atoms with Gasteiger partial charge in [0.05, 0.1) is 0 Å². The number of carbonyl (C=O) groups excluding carboxylic acids is 1. The summed E-state index contributed by atoms with van der Waals surface area (Å²) in [4.78, 5) is 11.4. The van der Waals surface area contributed by atoms with Gasteiger partial charge in [0.1, 0.15) is 0 Å². The Morgan fingerprint density at radius 3 is 3.08 bits per heavy atom. The van der Waals surface area contributed by atoms with Crippen molar-refractivity contribution >= 4 is 5.91 Å². The highest BCUT2D eigenvalue weighted by atomic mass is 16.1. The molecule has 68 valence electrons.